The highest BCUT2D eigenvalue weighted by Gasteiger charge is 2.11. The third kappa shape index (κ3) is 4.42. The highest BCUT2D eigenvalue weighted by Crippen LogP contribution is 2.15. The number of anilines is 1. The largest absolute Gasteiger partial charge is 0.326 e. The van der Waals surface area contributed by atoms with Gasteiger partial charge in [-0.25, -0.2) is 4.98 Å². The fourth-order valence-corrected chi connectivity index (χ4v) is 3.31. The lowest BCUT2D eigenvalue weighted by molar-refractivity contribution is -0.115. The topological polar surface area (TPSA) is 85.6 Å². The molecule has 0 saturated carbocycles. The van der Waals surface area contributed by atoms with Crippen LogP contribution in [-0.4, -0.2) is 31.1 Å². The Morgan fingerprint density at radius 3 is 2.56 bits per heavy atom. The van der Waals surface area contributed by atoms with E-state index < -0.39 is 0 Å². The van der Waals surface area contributed by atoms with Crippen LogP contribution in [0.25, 0.3) is 11.4 Å². The molecule has 1 amide bonds. The van der Waals surface area contributed by atoms with Crippen molar-refractivity contribution < 1.29 is 4.79 Å². The summed E-state index contributed by atoms with van der Waals surface area (Å²) in [5.74, 6) is 0.487. The second-order valence-electron chi connectivity index (χ2n) is 5.83. The second-order valence-corrected chi connectivity index (χ2v) is 6.78. The monoisotopic (exact) mass is 376 g/mol. The van der Waals surface area contributed by atoms with Crippen LogP contribution in [0.3, 0.4) is 0 Å². The van der Waals surface area contributed by atoms with Gasteiger partial charge in [0, 0.05) is 16.6 Å². The van der Waals surface area contributed by atoms with Crippen LogP contribution < -0.4 is 5.32 Å². The first-order chi connectivity index (χ1) is 13.3. The van der Waals surface area contributed by atoms with Gasteiger partial charge in [-0.1, -0.05) is 48.5 Å². The van der Waals surface area contributed by atoms with E-state index in [2.05, 4.69) is 25.7 Å². The first kappa shape index (κ1) is 17.0. The van der Waals surface area contributed by atoms with Gasteiger partial charge in [0.2, 0.25) is 11.7 Å². The van der Waals surface area contributed by atoms with E-state index >= 15 is 0 Å². The Balaban J connectivity index is 1.37. The van der Waals surface area contributed by atoms with E-state index in [0.717, 1.165) is 22.0 Å². The van der Waals surface area contributed by atoms with Crippen molar-refractivity contribution in [2.75, 3.05) is 5.32 Å². The number of para-hydroxylation sites is 1. The first-order valence-corrected chi connectivity index (χ1v) is 9.25. The van der Waals surface area contributed by atoms with Crippen molar-refractivity contribution in [3.05, 3.63) is 76.7 Å². The summed E-state index contributed by atoms with van der Waals surface area (Å²) in [6.07, 6.45) is 0.236. The zero-order valence-electron chi connectivity index (χ0n) is 14.3. The van der Waals surface area contributed by atoms with E-state index in [1.165, 1.54) is 16.1 Å². The molecule has 0 radical (unpaired) electrons. The summed E-state index contributed by atoms with van der Waals surface area (Å²) in [5, 5.41) is 18.1. The summed E-state index contributed by atoms with van der Waals surface area (Å²) in [6.45, 7) is 0.413. The lowest BCUT2D eigenvalue weighted by Gasteiger charge is -2.02. The summed E-state index contributed by atoms with van der Waals surface area (Å²) in [6, 6.07) is 19.1. The molecule has 4 aromatic rings. The fourth-order valence-electron chi connectivity index (χ4n) is 2.52. The van der Waals surface area contributed by atoms with Crippen molar-refractivity contribution in [3.63, 3.8) is 0 Å². The predicted molar refractivity (Wildman–Crippen MR) is 103 cm³/mol. The second kappa shape index (κ2) is 7.88. The Labute approximate surface area is 159 Å². The van der Waals surface area contributed by atoms with Gasteiger partial charge < -0.3 is 5.32 Å². The molecule has 0 atom stereocenters. The molecular weight excluding hydrogens is 360 g/mol. The number of nitrogens with one attached hydrogen (secondary N) is 1. The number of tetrazole rings is 1. The molecule has 2 aromatic heterocycles. The molecule has 0 aliphatic rings. The van der Waals surface area contributed by atoms with Crippen molar-refractivity contribution in [1.82, 2.24) is 25.2 Å². The minimum atomic E-state index is -0.0904. The van der Waals surface area contributed by atoms with Gasteiger partial charge in [0.1, 0.15) is 11.6 Å². The molecule has 0 spiro atoms. The Morgan fingerprint density at radius 1 is 1.04 bits per heavy atom. The van der Waals surface area contributed by atoms with E-state index in [1.807, 2.05) is 66.0 Å². The number of amides is 1. The van der Waals surface area contributed by atoms with E-state index in [1.54, 1.807) is 0 Å². The van der Waals surface area contributed by atoms with Gasteiger partial charge in [-0.2, -0.15) is 4.80 Å². The van der Waals surface area contributed by atoms with Crippen LogP contribution in [0.5, 0.6) is 0 Å². The average Bonchev–Trinajstić information content (AvgIpc) is 3.33. The maximum Gasteiger partial charge on any atom is 0.231 e. The number of carbonyl (C=O) groups excluding carboxylic acids is 1. The summed E-state index contributed by atoms with van der Waals surface area (Å²) < 4.78 is 0. The fraction of sp³-hybridized carbons (Fsp3) is 0.105. The average molecular weight is 376 g/mol. The van der Waals surface area contributed by atoms with Crippen LogP contribution in [0.1, 0.15) is 10.7 Å². The Kier molecular flexibility index (Phi) is 4.97. The number of nitrogens with zero attached hydrogens (tertiary/aromatic N) is 5. The third-order valence-corrected chi connectivity index (χ3v) is 4.65. The molecule has 0 aliphatic carbocycles. The zero-order chi connectivity index (χ0) is 18.5. The van der Waals surface area contributed by atoms with Crippen LogP contribution in [0.15, 0.2) is 66.0 Å². The third-order valence-electron chi connectivity index (χ3n) is 3.76. The number of aromatic nitrogens is 5. The maximum atomic E-state index is 12.1. The Bertz CT molecular complexity index is 1030. The van der Waals surface area contributed by atoms with E-state index in [0.29, 0.717) is 12.4 Å². The molecular formula is C19H16N6OS. The van der Waals surface area contributed by atoms with Gasteiger partial charge in [0.25, 0.3) is 0 Å². The highest BCUT2D eigenvalue weighted by atomic mass is 32.1. The number of hydrogen-bond acceptors (Lipinski definition) is 6. The van der Waals surface area contributed by atoms with Crippen molar-refractivity contribution in [2.45, 2.75) is 13.0 Å². The van der Waals surface area contributed by atoms with Crippen molar-refractivity contribution in [2.24, 2.45) is 0 Å². The normalized spacial score (nSPS) is 10.7. The molecule has 0 unspecified atom stereocenters. The van der Waals surface area contributed by atoms with E-state index in [9.17, 15) is 4.79 Å². The SMILES string of the molecule is O=C(Cc1nc(Cn2nnc(-c3ccccc3)n2)cs1)Nc1ccccc1. The molecule has 8 heteroatoms. The van der Waals surface area contributed by atoms with E-state index in [-0.39, 0.29) is 12.3 Å². The number of thiazole rings is 1. The first-order valence-electron chi connectivity index (χ1n) is 8.38. The number of rotatable bonds is 6. The van der Waals surface area contributed by atoms with Crippen LogP contribution >= 0.6 is 11.3 Å². The van der Waals surface area contributed by atoms with Crippen LogP contribution in [0.4, 0.5) is 5.69 Å². The molecule has 0 fully saturated rings. The lowest BCUT2D eigenvalue weighted by atomic mass is 10.2. The number of carbonyl (C=O) groups is 1. The molecule has 1 N–H and O–H groups in total. The number of benzene rings is 2. The lowest BCUT2D eigenvalue weighted by Crippen LogP contribution is -2.14. The molecule has 134 valence electrons. The van der Waals surface area contributed by atoms with E-state index in [4.69, 9.17) is 0 Å². The smallest absolute Gasteiger partial charge is 0.231 e. The van der Waals surface area contributed by atoms with Gasteiger partial charge >= 0.3 is 0 Å². The minimum absolute atomic E-state index is 0.0904. The highest BCUT2D eigenvalue weighted by molar-refractivity contribution is 7.09. The molecule has 0 aliphatic heterocycles. The van der Waals surface area contributed by atoms with Gasteiger partial charge in [0.15, 0.2) is 0 Å². The van der Waals surface area contributed by atoms with Crippen molar-refractivity contribution in [1.29, 1.82) is 0 Å². The molecule has 4 rings (SSSR count). The maximum absolute atomic E-state index is 12.1. The predicted octanol–water partition coefficient (Wildman–Crippen LogP) is 3.03. The Hall–Kier alpha value is -3.39. The molecule has 27 heavy (non-hydrogen) atoms. The van der Waals surface area contributed by atoms with Gasteiger partial charge in [0.05, 0.1) is 12.1 Å². The molecule has 2 heterocycles. The van der Waals surface area contributed by atoms with Crippen LogP contribution in [-0.2, 0) is 17.8 Å². The molecule has 0 bridgehead atoms. The number of hydrogen-bond donors (Lipinski definition) is 1. The standard InChI is InChI=1S/C19H16N6OS/c26-17(20-15-9-5-2-6-10-15)11-18-21-16(13-27-18)12-25-23-19(22-24-25)14-7-3-1-4-8-14/h1-10,13H,11-12H2,(H,20,26). The quantitative estimate of drug-likeness (QED) is 0.559. The minimum Gasteiger partial charge on any atom is -0.326 e. The molecule has 0 saturated heterocycles. The van der Waals surface area contributed by atoms with Gasteiger partial charge in [-0.15, -0.1) is 21.5 Å². The Morgan fingerprint density at radius 2 is 1.78 bits per heavy atom. The summed E-state index contributed by atoms with van der Waals surface area (Å²) in [4.78, 5) is 18.1. The van der Waals surface area contributed by atoms with Gasteiger partial charge in [-0.3, -0.25) is 4.79 Å². The zero-order valence-corrected chi connectivity index (χ0v) is 15.1. The van der Waals surface area contributed by atoms with Crippen LogP contribution in [0.2, 0.25) is 0 Å². The van der Waals surface area contributed by atoms with Crippen molar-refractivity contribution >= 4 is 22.9 Å². The summed E-state index contributed by atoms with van der Waals surface area (Å²) in [5.41, 5.74) is 2.50. The van der Waals surface area contributed by atoms with Crippen LogP contribution in [0, 0.1) is 0 Å². The summed E-state index contributed by atoms with van der Waals surface area (Å²) >= 11 is 1.45. The van der Waals surface area contributed by atoms with Gasteiger partial charge in [-0.05, 0) is 17.3 Å². The summed E-state index contributed by atoms with van der Waals surface area (Å²) in [7, 11) is 0. The molecule has 2 aromatic carbocycles. The van der Waals surface area contributed by atoms with Crippen molar-refractivity contribution in [3.8, 4) is 11.4 Å². The molecule has 7 nitrogen and oxygen atoms in total.